The Morgan fingerprint density at radius 2 is 1.95 bits per heavy atom. The Balaban J connectivity index is 2.03. The molecule has 0 saturated heterocycles. The third-order valence-electron chi connectivity index (χ3n) is 2.81. The van der Waals surface area contributed by atoms with Gasteiger partial charge in [0.15, 0.2) is 0 Å². The molecule has 0 unspecified atom stereocenters. The molecule has 0 amide bonds. The first-order valence-electron chi connectivity index (χ1n) is 6.55. The number of nitrogens with one attached hydrogen (secondary N) is 1. The van der Waals surface area contributed by atoms with Gasteiger partial charge in [0.1, 0.15) is 11.6 Å². The van der Waals surface area contributed by atoms with Gasteiger partial charge >= 0.3 is 0 Å². The van der Waals surface area contributed by atoms with Crippen LogP contribution in [-0.4, -0.2) is 22.1 Å². The number of anilines is 1. The third-order valence-corrected chi connectivity index (χ3v) is 2.81. The van der Waals surface area contributed by atoms with E-state index in [1.165, 1.54) is 0 Å². The molecule has 5 nitrogen and oxygen atoms in total. The molecular formula is C15H20N4O. The quantitative estimate of drug-likeness (QED) is 0.927. The largest absolute Gasteiger partial charge is 0.481 e. The summed E-state index contributed by atoms with van der Waals surface area (Å²) in [6.45, 7) is 6.95. The smallest absolute Gasteiger partial charge is 0.212 e. The number of nitrogens with zero attached hydrogens (tertiary/aromatic N) is 3. The number of aromatic nitrogens is 3. The molecule has 106 valence electrons. The molecule has 1 N–H and O–H groups in total. The molecule has 0 aromatic carbocycles. The SMILES string of the molecule is COc1ccc(CNc2ccnc(C(C)(C)C)n2)cn1. The van der Waals surface area contributed by atoms with Crippen molar-refractivity contribution in [1.29, 1.82) is 0 Å². The number of methoxy groups -OCH3 is 1. The van der Waals surface area contributed by atoms with Gasteiger partial charge in [-0.25, -0.2) is 15.0 Å². The van der Waals surface area contributed by atoms with Crippen LogP contribution in [0, 0.1) is 0 Å². The minimum atomic E-state index is -0.0562. The van der Waals surface area contributed by atoms with E-state index in [1.54, 1.807) is 19.5 Å². The van der Waals surface area contributed by atoms with Crippen molar-refractivity contribution in [2.45, 2.75) is 32.7 Å². The van der Waals surface area contributed by atoms with E-state index in [9.17, 15) is 0 Å². The van der Waals surface area contributed by atoms with Gasteiger partial charge < -0.3 is 10.1 Å². The van der Waals surface area contributed by atoms with E-state index in [1.807, 2.05) is 18.2 Å². The van der Waals surface area contributed by atoms with Crippen LogP contribution in [0.5, 0.6) is 5.88 Å². The topological polar surface area (TPSA) is 59.9 Å². The van der Waals surface area contributed by atoms with Crippen LogP contribution in [0.25, 0.3) is 0 Å². The Bertz CT molecular complexity index is 561. The highest BCUT2D eigenvalue weighted by molar-refractivity contribution is 5.35. The molecule has 0 bridgehead atoms. The zero-order valence-electron chi connectivity index (χ0n) is 12.3. The standard InChI is InChI=1S/C15H20N4O/c1-15(2,3)14-16-8-7-12(19-14)17-9-11-5-6-13(20-4)18-10-11/h5-8,10H,9H2,1-4H3,(H,16,17,19). The first kappa shape index (κ1) is 14.2. The first-order valence-corrected chi connectivity index (χ1v) is 6.55. The van der Waals surface area contributed by atoms with Crippen molar-refractivity contribution in [2.75, 3.05) is 12.4 Å². The highest BCUT2D eigenvalue weighted by atomic mass is 16.5. The highest BCUT2D eigenvalue weighted by Crippen LogP contribution is 2.19. The molecular weight excluding hydrogens is 252 g/mol. The van der Waals surface area contributed by atoms with Crippen molar-refractivity contribution in [3.8, 4) is 5.88 Å². The van der Waals surface area contributed by atoms with Gasteiger partial charge in [-0.05, 0) is 11.6 Å². The zero-order chi connectivity index (χ0) is 14.6. The molecule has 0 fully saturated rings. The zero-order valence-corrected chi connectivity index (χ0v) is 12.3. The van der Waals surface area contributed by atoms with Crippen molar-refractivity contribution in [2.24, 2.45) is 0 Å². The summed E-state index contributed by atoms with van der Waals surface area (Å²) >= 11 is 0. The molecule has 2 aromatic heterocycles. The van der Waals surface area contributed by atoms with E-state index in [4.69, 9.17) is 4.74 Å². The Labute approximate surface area is 119 Å². The maximum Gasteiger partial charge on any atom is 0.212 e. The van der Waals surface area contributed by atoms with Crippen molar-refractivity contribution in [3.05, 3.63) is 42.0 Å². The maximum atomic E-state index is 5.03. The number of hydrogen-bond acceptors (Lipinski definition) is 5. The Morgan fingerprint density at radius 3 is 2.55 bits per heavy atom. The third kappa shape index (κ3) is 3.66. The van der Waals surface area contributed by atoms with Gasteiger partial charge in [0.05, 0.1) is 7.11 Å². The molecule has 0 spiro atoms. The number of rotatable bonds is 4. The van der Waals surface area contributed by atoms with Crippen molar-refractivity contribution < 1.29 is 4.74 Å². The van der Waals surface area contributed by atoms with Crippen LogP contribution in [0.4, 0.5) is 5.82 Å². The molecule has 20 heavy (non-hydrogen) atoms. The summed E-state index contributed by atoms with van der Waals surface area (Å²) in [5, 5.41) is 3.28. The molecule has 2 aromatic rings. The molecule has 5 heteroatoms. The fraction of sp³-hybridized carbons (Fsp3) is 0.400. The van der Waals surface area contributed by atoms with Crippen LogP contribution in [0.15, 0.2) is 30.6 Å². The van der Waals surface area contributed by atoms with Crippen molar-refractivity contribution in [3.63, 3.8) is 0 Å². The van der Waals surface area contributed by atoms with E-state index in [0.717, 1.165) is 17.2 Å². The summed E-state index contributed by atoms with van der Waals surface area (Å²) in [6.07, 6.45) is 3.57. The number of pyridine rings is 1. The molecule has 0 atom stereocenters. The second kappa shape index (κ2) is 5.86. The van der Waals surface area contributed by atoms with Gasteiger partial charge in [0.2, 0.25) is 5.88 Å². The number of ether oxygens (including phenoxy) is 1. The van der Waals surface area contributed by atoms with Gasteiger partial charge in [0.25, 0.3) is 0 Å². The lowest BCUT2D eigenvalue weighted by Gasteiger charge is -2.17. The fourth-order valence-corrected chi connectivity index (χ4v) is 1.65. The predicted molar refractivity (Wildman–Crippen MR) is 78.8 cm³/mol. The van der Waals surface area contributed by atoms with Crippen LogP contribution in [0.3, 0.4) is 0 Å². The number of hydrogen-bond donors (Lipinski definition) is 1. The van der Waals surface area contributed by atoms with Crippen LogP contribution in [0.2, 0.25) is 0 Å². The molecule has 0 aliphatic heterocycles. The van der Waals surface area contributed by atoms with Crippen LogP contribution < -0.4 is 10.1 Å². The minimum Gasteiger partial charge on any atom is -0.481 e. The molecule has 2 heterocycles. The molecule has 0 radical (unpaired) electrons. The van der Waals surface area contributed by atoms with Crippen LogP contribution in [-0.2, 0) is 12.0 Å². The summed E-state index contributed by atoms with van der Waals surface area (Å²) in [6, 6.07) is 5.69. The second-order valence-electron chi connectivity index (χ2n) is 5.58. The van der Waals surface area contributed by atoms with Crippen LogP contribution >= 0.6 is 0 Å². The summed E-state index contributed by atoms with van der Waals surface area (Å²) in [5.74, 6) is 2.27. The van der Waals surface area contributed by atoms with Crippen LogP contribution in [0.1, 0.15) is 32.2 Å². The average molecular weight is 272 g/mol. The van der Waals surface area contributed by atoms with E-state index in [0.29, 0.717) is 12.4 Å². The summed E-state index contributed by atoms with van der Waals surface area (Å²) in [5.41, 5.74) is 1.01. The minimum absolute atomic E-state index is 0.0562. The van der Waals surface area contributed by atoms with Gasteiger partial charge in [0, 0.05) is 30.4 Å². The summed E-state index contributed by atoms with van der Waals surface area (Å²) in [4.78, 5) is 13.0. The lowest BCUT2D eigenvalue weighted by atomic mass is 9.96. The maximum absolute atomic E-state index is 5.03. The monoisotopic (exact) mass is 272 g/mol. The van der Waals surface area contributed by atoms with Gasteiger partial charge in [-0.3, -0.25) is 0 Å². The summed E-state index contributed by atoms with van der Waals surface area (Å²) < 4.78 is 5.03. The van der Waals surface area contributed by atoms with Crippen molar-refractivity contribution >= 4 is 5.82 Å². The Morgan fingerprint density at radius 1 is 1.15 bits per heavy atom. The normalized spacial score (nSPS) is 11.2. The Kier molecular flexibility index (Phi) is 4.17. The van der Waals surface area contributed by atoms with E-state index in [-0.39, 0.29) is 5.41 Å². The van der Waals surface area contributed by atoms with Crippen molar-refractivity contribution in [1.82, 2.24) is 15.0 Å². The lowest BCUT2D eigenvalue weighted by Crippen LogP contribution is -2.16. The average Bonchev–Trinajstić information content (AvgIpc) is 2.45. The lowest BCUT2D eigenvalue weighted by molar-refractivity contribution is 0.397. The fourth-order valence-electron chi connectivity index (χ4n) is 1.65. The predicted octanol–water partition coefficient (Wildman–Crippen LogP) is 2.79. The van der Waals surface area contributed by atoms with E-state index < -0.39 is 0 Å². The van der Waals surface area contributed by atoms with Gasteiger partial charge in [-0.1, -0.05) is 26.8 Å². The Hall–Kier alpha value is -2.17. The second-order valence-corrected chi connectivity index (χ2v) is 5.58. The van der Waals surface area contributed by atoms with Gasteiger partial charge in [-0.2, -0.15) is 0 Å². The first-order chi connectivity index (χ1) is 9.49. The van der Waals surface area contributed by atoms with E-state index >= 15 is 0 Å². The molecule has 0 aliphatic carbocycles. The summed E-state index contributed by atoms with van der Waals surface area (Å²) in [7, 11) is 1.61. The molecule has 0 aliphatic rings. The molecule has 2 rings (SSSR count). The van der Waals surface area contributed by atoms with Gasteiger partial charge in [-0.15, -0.1) is 0 Å². The molecule has 0 saturated carbocycles. The highest BCUT2D eigenvalue weighted by Gasteiger charge is 2.17. The van der Waals surface area contributed by atoms with E-state index in [2.05, 4.69) is 41.0 Å².